The maximum Gasteiger partial charge on any atom is 0.238 e. The second-order valence-corrected chi connectivity index (χ2v) is 15.5. The van der Waals surface area contributed by atoms with E-state index in [-0.39, 0.29) is 38.7 Å². The van der Waals surface area contributed by atoms with Crippen molar-refractivity contribution in [3.63, 3.8) is 0 Å². The van der Waals surface area contributed by atoms with Gasteiger partial charge in [-0.05, 0) is 53.6 Å². The molecule has 0 aliphatic carbocycles. The van der Waals surface area contributed by atoms with Crippen LogP contribution in [-0.4, -0.2) is 63.3 Å². The van der Waals surface area contributed by atoms with Crippen molar-refractivity contribution in [3.8, 4) is 45.5 Å². The fourth-order valence-corrected chi connectivity index (χ4v) is 9.12. The van der Waals surface area contributed by atoms with Crippen LogP contribution in [0.5, 0.6) is 0 Å². The lowest BCUT2D eigenvalue weighted by Crippen LogP contribution is -2.55. The van der Waals surface area contributed by atoms with E-state index in [0.29, 0.717) is 22.9 Å². The largest absolute Gasteiger partial charge is 0.456 e. The van der Waals surface area contributed by atoms with Crippen LogP contribution in [0.25, 0.3) is 111 Å². The standard InChI is InChI=1S/C51H26B5N5O/c52-44-43(45(53)47(55)48(56)46(44)54)50-57-49(58-51(59-50)61-37-18-8-5-13-30(37)31-14-6-9-19-38(31)61)35-16-10-20-40-42(35)34-24-22-29(26-41(34)62-40)60-36-17-7-4-15-32(36)33-23-21-28(25-39(33)60)27-11-2-1-3-12-27/h1-26H. The third-order valence-corrected chi connectivity index (χ3v) is 12.1. The van der Waals surface area contributed by atoms with Crippen LogP contribution in [0.4, 0.5) is 0 Å². The van der Waals surface area contributed by atoms with Gasteiger partial charge in [0.2, 0.25) is 5.95 Å². The van der Waals surface area contributed by atoms with Crippen molar-refractivity contribution in [3.05, 3.63) is 158 Å². The summed E-state index contributed by atoms with van der Waals surface area (Å²) in [4.78, 5) is 15.3. The van der Waals surface area contributed by atoms with Crippen LogP contribution in [0, 0.1) is 0 Å². The second kappa shape index (κ2) is 13.8. The van der Waals surface area contributed by atoms with E-state index in [1.165, 1.54) is 10.8 Å². The molecule has 0 aliphatic heterocycles. The third kappa shape index (κ3) is 5.34. The molecule has 12 aromatic rings. The van der Waals surface area contributed by atoms with E-state index in [0.717, 1.165) is 66.0 Å². The number of aromatic nitrogens is 5. The van der Waals surface area contributed by atoms with E-state index in [4.69, 9.17) is 58.6 Å². The summed E-state index contributed by atoms with van der Waals surface area (Å²) >= 11 is 0. The molecular formula is C51H26B5N5O. The summed E-state index contributed by atoms with van der Waals surface area (Å²) in [5.41, 5.74) is 10.2. The van der Waals surface area contributed by atoms with Crippen molar-refractivity contribution in [2.45, 2.75) is 0 Å². The Labute approximate surface area is 362 Å². The number of hydrogen-bond donors (Lipinski definition) is 0. The van der Waals surface area contributed by atoms with Crippen molar-refractivity contribution in [1.82, 2.24) is 24.1 Å². The van der Waals surface area contributed by atoms with Crippen LogP contribution >= 0.6 is 0 Å². The van der Waals surface area contributed by atoms with Gasteiger partial charge < -0.3 is 8.98 Å². The van der Waals surface area contributed by atoms with Gasteiger partial charge in [-0.3, -0.25) is 4.57 Å². The lowest BCUT2D eigenvalue weighted by molar-refractivity contribution is 0.668. The van der Waals surface area contributed by atoms with Gasteiger partial charge in [0, 0.05) is 55.2 Å². The van der Waals surface area contributed by atoms with Crippen LogP contribution in [-0.2, 0) is 0 Å². The molecule has 0 atom stereocenters. The van der Waals surface area contributed by atoms with E-state index in [2.05, 4.69) is 102 Å². The Morgan fingerprint density at radius 3 is 1.63 bits per heavy atom. The van der Waals surface area contributed by atoms with Gasteiger partial charge in [0.25, 0.3) is 0 Å². The molecule has 6 nitrogen and oxygen atoms in total. The minimum Gasteiger partial charge on any atom is -0.456 e. The van der Waals surface area contributed by atoms with Crippen molar-refractivity contribution >= 4 is 132 Å². The molecule has 4 heterocycles. The first-order chi connectivity index (χ1) is 30.3. The van der Waals surface area contributed by atoms with Crippen molar-refractivity contribution in [1.29, 1.82) is 0 Å². The number of rotatable bonds is 5. The van der Waals surface area contributed by atoms with Gasteiger partial charge >= 0.3 is 0 Å². The molecule has 0 bridgehead atoms. The summed E-state index contributed by atoms with van der Waals surface area (Å²) in [5, 5.41) is 6.16. The normalized spacial score (nSPS) is 11.9. The highest BCUT2D eigenvalue weighted by Crippen LogP contribution is 2.40. The summed E-state index contributed by atoms with van der Waals surface area (Å²) in [7, 11) is 32.4. The lowest BCUT2D eigenvalue weighted by Gasteiger charge is -2.21. The lowest BCUT2D eigenvalue weighted by atomic mass is 9.60. The minimum absolute atomic E-state index is 0.102. The molecule has 0 fully saturated rings. The summed E-state index contributed by atoms with van der Waals surface area (Å²) in [5.74, 6) is 0.907. The molecule has 0 amide bonds. The average Bonchev–Trinajstić information content (AvgIpc) is 3.97. The predicted molar refractivity (Wildman–Crippen MR) is 259 cm³/mol. The maximum absolute atomic E-state index is 6.71. The summed E-state index contributed by atoms with van der Waals surface area (Å²) in [6.07, 6.45) is 0. The van der Waals surface area contributed by atoms with E-state index in [1.807, 2.05) is 65.2 Å². The van der Waals surface area contributed by atoms with Gasteiger partial charge in [-0.1, -0.05) is 120 Å². The molecule has 0 N–H and O–H groups in total. The number of fused-ring (bicyclic) bond motifs is 9. The Kier molecular flexibility index (Phi) is 8.07. The average molecular weight is 779 g/mol. The van der Waals surface area contributed by atoms with Gasteiger partial charge in [0.15, 0.2) is 11.6 Å². The first kappa shape index (κ1) is 36.4. The smallest absolute Gasteiger partial charge is 0.238 e. The zero-order valence-electron chi connectivity index (χ0n) is 33.0. The number of para-hydroxylation sites is 3. The molecule has 10 radical (unpaired) electrons. The molecule has 12 rings (SSSR count). The molecule has 0 saturated heterocycles. The van der Waals surface area contributed by atoms with Gasteiger partial charge in [0.05, 0.1) is 22.1 Å². The van der Waals surface area contributed by atoms with Gasteiger partial charge in [-0.25, -0.2) is 4.98 Å². The molecule has 11 heteroatoms. The van der Waals surface area contributed by atoms with Crippen LogP contribution in [0.15, 0.2) is 162 Å². The molecule has 62 heavy (non-hydrogen) atoms. The van der Waals surface area contributed by atoms with Crippen LogP contribution in [0.1, 0.15) is 0 Å². The predicted octanol–water partition coefficient (Wildman–Crippen LogP) is 6.94. The molecule has 0 saturated carbocycles. The zero-order chi connectivity index (χ0) is 41.8. The molecular weight excluding hydrogens is 753 g/mol. The summed E-state index contributed by atoms with van der Waals surface area (Å²) < 4.78 is 11.0. The second-order valence-electron chi connectivity index (χ2n) is 15.5. The Hall–Kier alpha value is -7.51. The van der Waals surface area contributed by atoms with E-state index in [1.54, 1.807) is 0 Å². The van der Waals surface area contributed by atoms with Crippen LogP contribution < -0.4 is 27.3 Å². The van der Waals surface area contributed by atoms with Crippen LogP contribution in [0.2, 0.25) is 0 Å². The van der Waals surface area contributed by atoms with Gasteiger partial charge in [0.1, 0.15) is 50.4 Å². The van der Waals surface area contributed by atoms with Gasteiger partial charge in [-0.2, -0.15) is 9.97 Å². The highest BCUT2D eigenvalue weighted by atomic mass is 16.3. The van der Waals surface area contributed by atoms with Gasteiger partial charge in [-0.15, -0.1) is 16.4 Å². The van der Waals surface area contributed by atoms with Crippen molar-refractivity contribution in [2.24, 2.45) is 0 Å². The first-order valence-electron chi connectivity index (χ1n) is 20.1. The SMILES string of the molecule is [B]c1c([B])c([B])c(-c2nc(-c3cccc4oc5cc(-n6c7ccccc7c7ccc(-c8ccccc8)cc76)ccc5c34)nc(-n3c4ccccc4c4ccccc43)n2)c([B])c1[B]. The molecule has 276 valence electrons. The van der Waals surface area contributed by atoms with E-state index in [9.17, 15) is 0 Å². The Morgan fingerprint density at radius 2 is 0.952 bits per heavy atom. The molecule has 0 aliphatic rings. The highest BCUT2D eigenvalue weighted by molar-refractivity contribution is 6.68. The Morgan fingerprint density at radius 1 is 0.387 bits per heavy atom. The quantitative estimate of drug-likeness (QED) is 0.178. The van der Waals surface area contributed by atoms with Crippen molar-refractivity contribution in [2.75, 3.05) is 0 Å². The van der Waals surface area contributed by atoms with Crippen LogP contribution in [0.3, 0.4) is 0 Å². The Balaban J connectivity index is 1.10. The monoisotopic (exact) mass is 779 g/mol. The molecule has 4 aromatic heterocycles. The maximum atomic E-state index is 6.71. The highest BCUT2D eigenvalue weighted by Gasteiger charge is 2.23. The number of hydrogen-bond acceptors (Lipinski definition) is 4. The number of benzene rings is 8. The molecule has 8 aromatic carbocycles. The number of furan rings is 1. The fourth-order valence-electron chi connectivity index (χ4n) is 9.12. The van der Waals surface area contributed by atoms with Crippen molar-refractivity contribution < 1.29 is 4.42 Å². The first-order valence-corrected chi connectivity index (χ1v) is 20.1. The van der Waals surface area contributed by atoms with E-state index >= 15 is 0 Å². The zero-order valence-corrected chi connectivity index (χ0v) is 33.0. The molecule has 0 spiro atoms. The fraction of sp³-hybridized carbons (Fsp3) is 0. The third-order valence-electron chi connectivity index (χ3n) is 12.1. The molecule has 0 unspecified atom stereocenters. The number of nitrogens with zero attached hydrogens (tertiary/aromatic N) is 5. The summed E-state index contributed by atoms with van der Waals surface area (Å²) in [6.45, 7) is 0. The summed E-state index contributed by atoms with van der Waals surface area (Å²) in [6, 6.07) is 54.1. The Bertz CT molecular complexity index is 3750. The minimum atomic E-state index is 0.102. The topological polar surface area (TPSA) is 61.7 Å². The van der Waals surface area contributed by atoms with E-state index < -0.39 is 0 Å².